The van der Waals surface area contributed by atoms with Crippen LogP contribution in [-0.4, -0.2) is 18.4 Å². The molecule has 0 bridgehead atoms. The average molecular weight is 392 g/mol. The molecule has 0 aliphatic carbocycles. The Balaban J connectivity index is 1.94. The summed E-state index contributed by atoms with van der Waals surface area (Å²) in [5, 5.41) is 5.70. The predicted molar refractivity (Wildman–Crippen MR) is 97.8 cm³/mol. The summed E-state index contributed by atoms with van der Waals surface area (Å²) in [4.78, 5) is 24.4. The molecule has 6 nitrogen and oxygen atoms in total. The number of alkyl halides is 3. The van der Waals surface area contributed by atoms with Crippen LogP contribution >= 0.6 is 0 Å². The van der Waals surface area contributed by atoms with E-state index in [1.807, 2.05) is 5.43 Å². The molecule has 1 fully saturated rings. The Hall–Kier alpha value is -3.07. The van der Waals surface area contributed by atoms with Gasteiger partial charge < -0.3 is 10.6 Å². The summed E-state index contributed by atoms with van der Waals surface area (Å²) in [7, 11) is 0. The predicted octanol–water partition coefficient (Wildman–Crippen LogP) is 2.83. The number of halogens is 3. The van der Waals surface area contributed by atoms with E-state index in [1.54, 1.807) is 25.1 Å². The lowest BCUT2D eigenvalue weighted by Gasteiger charge is -2.23. The quantitative estimate of drug-likeness (QED) is 0.366. The molecule has 1 atom stereocenters. The van der Waals surface area contributed by atoms with E-state index in [-0.39, 0.29) is 11.5 Å². The Morgan fingerprint density at radius 2 is 1.86 bits per heavy atom. The molecule has 2 aromatic rings. The van der Waals surface area contributed by atoms with Gasteiger partial charge in [-0.25, -0.2) is 5.84 Å². The molecule has 1 unspecified atom stereocenters. The number of rotatable bonds is 4. The summed E-state index contributed by atoms with van der Waals surface area (Å²) >= 11 is 0. The van der Waals surface area contributed by atoms with Crippen LogP contribution in [0.15, 0.2) is 42.5 Å². The van der Waals surface area contributed by atoms with Crippen molar-refractivity contribution in [2.45, 2.75) is 24.9 Å². The van der Waals surface area contributed by atoms with Crippen LogP contribution in [0.2, 0.25) is 0 Å². The van der Waals surface area contributed by atoms with Crippen molar-refractivity contribution < 1.29 is 22.8 Å². The Morgan fingerprint density at radius 3 is 2.39 bits per heavy atom. The number of nitrogen functional groups attached to an aromatic ring is 1. The minimum atomic E-state index is -4.43. The molecule has 0 aromatic heterocycles. The maximum atomic E-state index is 12.7. The van der Waals surface area contributed by atoms with E-state index in [0.29, 0.717) is 29.9 Å². The van der Waals surface area contributed by atoms with Crippen molar-refractivity contribution in [2.75, 3.05) is 11.9 Å². The summed E-state index contributed by atoms with van der Waals surface area (Å²) in [6, 6.07) is 9.32. The third kappa shape index (κ3) is 3.65. The molecule has 28 heavy (non-hydrogen) atoms. The number of hydrogen-bond acceptors (Lipinski definition) is 4. The van der Waals surface area contributed by atoms with Gasteiger partial charge in [-0.3, -0.25) is 15.0 Å². The molecule has 1 aliphatic rings. The molecular weight excluding hydrogens is 373 g/mol. The van der Waals surface area contributed by atoms with Crippen molar-refractivity contribution in [1.29, 1.82) is 0 Å². The highest BCUT2D eigenvalue weighted by Gasteiger charge is 2.39. The van der Waals surface area contributed by atoms with Crippen LogP contribution in [0.4, 0.5) is 24.5 Å². The largest absolute Gasteiger partial charge is 0.416 e. The first kappa shape index (κ1) is 19.7. The lowest BCUT2D eigenvalue weighted by molar-refractivity contribution is -0.137. The van der Waals surface area contributed by atoms with Gasteiger partial charge in [-0.05, 0) is 55.3 Å². The molecule has 1 saturated heterocycles. The van der Waals surface area contributed by atoms with Crippen LogP contribution in [0, 0.1) is 0 Å². The van der Waals surface area contributed by atoms with Crippen molar-refractivity contribution in [1.82, 2.24) is 10.7 Å². The van der Waals surface area contributed by atoms with Crippen LogP contribution in [-0.2, 0) is 16.4 Å². The first-order valence-corrected chi connectivity index (χ1v) is 8.53. The highest BCUT2D eigenvalue weighted by atomic mass is 19.4. The second-order valence-electron chi connectivity index (χ2n) is 6.77. The van der Waals surface area contributed by atoms with Crippen molar-refractivity contribution >= 4 is 23.2 Å². The van der Waals surface area contributed by atoms with E-state index >= 15 is 0 Å². The number of carbonyl (C=O) groups excluding carboxylic acids is 2. The zero-order chi connectivity index (χ0) is 20.5. The molecule has 0 spiro atoms. The third-order valence-corrected chi connectivity index (χ3v) is 4.94. The number of hydrazine groups is 1. The molecule has 5 N–H and O–H groups in total. The lowest BCUT2D eigenvalue weighted by atomic mass is 9.80. The Morgan fingerprint density at radius 1 is 1.18 bits per heavy atom. The van der Waals surface area contributed by atoms with Crippen LogP contribution < -0.4 is 21.9 Å². The fourth-order valence-electron chi connectivity index (χ4n) is 3.17. The van der Waals surface area contributed by atoms with Crippen LogP contribution in [0.5, 0.6) is 0 Å². The van der Waals surface area contributed by atoms with E-state index in [4.69, 9.17) is 5.84 Å². The molecule has 3 rings (SSSR count). The van der Waals surface area contributed by atoms with E-state index in [2.05, 4.69) is 10.6 Å². The third-order valence-electron chi connectivity index (χ3n) is 4.94. The Labute approximate surface area is 159 Å². The van der Waals surface area contributed by atoms with Gasteiger partial charge in [0.1, 0.15) is 0 Å². The first-order chi connectivity index (χ1) is 13.1. The van der Waals surface area contributed by atoms with Gasteiger partial charge in [0.2, 0.25) is 5.91 Å². The minimum Gasteiger partial charge on any atom is -0.355 e. The molecule has 1 aliphatic heterocycles. The standard InChI is InChI=1S/C19H19F3N4O2/c1-18(8-9-24-17(18)28)12-4-7-15(14(10-12)16(27)26-23)25-13-5-2-11(3-6-13)19(20,21)22/h2-7,10,25H,8-9,23H2,1H3,(H,24,28)(H,26,27). The van der Waals surface area contributed by atoms with Gasteiger partial charge in [0.05, 0.1) is 22.2 Å². The summed E-state index contributed by atoms with van der Waals surface area (Å²) in [6.07, 6.45) is -3.84. The Kier molecular flexibility index (Phi) is 5.03. The highest BCUT2D eigenvalue weighted by Crippen LogP contribution is 2.35. The molecular formula is C19H19F3N4O2. The number of amides is 2. The zero-order valence-corrected chi connectivity index (χ0v) is 15.0. The monoisotopic (exact) mass is 392 g/mol. The smallest absolute Gasteiger partial charge is 0.355 e. The molecule has 148 valence electrons. The second-order valence-corrected chi connectivity index (χ2v) is 6.77. The molecule has 9 heteroatoms. The first-order valence-electron chi connectivity index (χ1n) is 8.53. The van der Waals surface area contributed by atoms with E-state index < -0.39 is 23.1 Å². The molecule has 2 amide bonds. The van der Waals surface area contributed by atoms with Crippen LogP contribution in [0.25, 0.3) is 0 Å². The van der Waals surface area contributed by atoms with E-state index in [0.717, 1.165) is 12.1 Å². The summed E-state index contributed by atoms with van der Waals surface area (Å²) in [5.74, 6) is 4.55. The number of anilines is 2. The topological polar surface area (TPSA) is 96.2 Å². The van der Waals surface area contributed by atoms with Gasteiger partial charge in [-0.1, -0.05) is 6.07 Å². The highest BCUT2D eigenvalue weighted by molar-refractivity contribution is 6.01. The molecule has 1 heterocycles. The molecule has 0 radical (unpaired) electrons. The van der Waals surface area contributed by atoms with Crippen LogP contribution in [0.1, 0.15) is 34.8 Å². The fraction of sp³-hybridized carbons (Fsp3) is 0.263. The zero-order valence-electron chi connectivity index (χ0n) is 15.0. The Bertz CT molecular complexity index is 912. The number of hydrogen-bond donors (Lipinski definition) is 4. The van der Waals surface area contributed by atoms with E-state index in [1.165, 1.54) is 12.1 Å². The van der Waals surface area contributed by atoms with Gasteiger partial charge in [0, 0.05) is 12.2 Å². The van der Waals surface area contributed by atoms with E-state index in [9.17, 15) is 22.8 Å². The number of nitrogens with two attached hydrogens (primary N) is 1. The number of carbonyl (C=O) groups is 2. The SMILES string of the molecule is CC1(c2ccc(Nc3ccc(C(F)(F)F)cc3)c(C(=O)NN)c2)CCNC1=O. The fourth-order valence-corrected chi connectivity index (χ4v) is 3.17. The normalized spacial score (nSPS) is 19.2. The number of nitrogens with one attached hydrogen (secondary N) is 3. The minimum absolute atomic E-state index is 0.130. The van der Waals surface area contributed by atoms with Gasteiger partial charge >= 0.3 is 6.18 Å². The molecule has 0 saturated carbocycles. The van der Waals surface area contributed by atoms with Gasteiger partial charge in [-0.15, -0.1) is 0 Å². The van der Waals surface area contributed by atoms with Crippen molar-refractivity contribution in [3.8, 4) is 0 Å². The molecule has 2 aromatic carbocycles. The average Bonchev–Trinajstić information content (AvgIpc) is 3.01. The maximum absolute atomic E-state index is 12.7. The summed E-state index contributed by atoms with van der Waals surface area (Å²) in [5.41, 5.74) is 2.07. The maximum Gasteiger partial charge on any atom is 0.416 e. The second kappa shape index (κ2) is 7.16. The summed E-state index contributed by atoms with van der Waals surface area (Å²) < 4.78 is 38.1. The van der Waals surface area contributed by atoms with Crippen LogP contribution in [0.3, 0.4) is 0 Å². The van der Waals surface area contributed by atoms with Gasteiger partial charge in [0.25, 0.3) is 5.91 Å². The van der Waals surface area contributed by atoms with Crippen molar-refractivity contribution in [3.63, 3.8) is 0 Å². The van der Waals surface area contributed by atoms with Gasteiger partial charge in [0.15, 0.2) is 0 Å². The lowest BCUT2D eigenvalue weighted by Crippen LogP contribution is -2.34. The summed E-state index contributed by atoms with van der Waals surface area (Å²) in [6.45, 7) is 2.33. The number of benzene rings is 2. The van der Waals surface area contributed by atoms with Gasteiger partial charge in [-0.2, -0.15) is 13.2 Å². The van der Waals surface area contributed by atoms with Crippen molar-refractivity contribution in [3.05, 3.63) is 59.2 Å². The van der Waals surface area contributed by atoms with Crippen molar-refractivity contribution in [2.24, 2.45) is 5.84 Å².